The SMILES string of the molecule is Cl.O=C(O)C1C=Nc2ccccc2C1=O. The van der Waals surface area contributed by atoms with Gasteiger partial charge < -0.3 is 5.11 Å². The van der Waals surface area contributed by atoms with Crippen LogP contribution in [0.2, 0.25) is 0 Å². The van der Waals surface area contributed by atoms with Gasteiger partial charge in [-0.2, -0.15) is 0 Å². The first-order chi connectivity index (χ1) is 6.70. The normalized spacial score (nSPS) is 17.9. The first kappa shape index (κ1) is 11.4. The number of para-hydroxylation sites is 1. The number of carboxylic acids is 1. The van der Waals surface area contributed by atoms with Crippen molar-refractivity contribution < 1.29 is 14.7 Å². The van der Waals surface area contributed by atoms with Crippen LogP contribution in [0.4, 0.5) is 5.69 Å². The minimum atomic E-state index is -1.16. The van der Waals surface area contributed by atoms with E-state index in [1.165, 1.54) is 6.21 Å². The molecule has 1 N–H and O–H groups in total. The van der Waals surface area contributed by atoms with Crippen LogP contribution in [0.15, 0.2) is 29.3 Å². The molecule has 1 aliphatic rings. The fourth-order valence-electron chi connectivity index (χ4n) is 1.36. The number of rotatable bonds is 1. The van der Waals surface area contributed by atoms with Gasteiger partial charge in [-0.25, -0.2) is 0 Å². The van der Waals surface area contributed by atoms with Crippen LogP contribution in [0.5, 0.6) is 0 Å². The molecule has 1 aromatic carbocycles. The van der Waals surface area contributed by atoms with Crippen molar-refractivity contribution in [1.82, 2.24) is 0 Å². The number of carboxylic acid groups (broad SMARTS) is 1. The van der Waals surface area contributed by atoms with Crippen LogP contribution in [0.1, 0.15) is 10.4 Å². The van der Waals surface area contributed by atoms with Crippen LogP contribution in [0, 0.1) is 5.92 Å². The molecule has 1 aromatic rings. The van der Waals surface area contributed by atoms with Crippen LogP contribution in [-0.2, 0) is 4.79 Å². The van der Waals surface area contributed by atoms with Crippen molar-refractivity contribution in [3.8, 4) is 0 Å². The molecule has 0 radical (unpaired) electrons. The van der Waals surface area contributed by atoms with Crippen molar-refractivity contribution in [2.75, 3.05) is 0 Å². The van der Waals surface area contributed by atoms with Crippen molar-refractivity contribution in [1.29, 1.82) is 0 Å². The number of ketones is 1. The van der Waals surface area contributed by atoms with E-state index in [2.05, 4.69) is 4.99 Å². The maximum absolute atomic E-state index is 11.6. The molecule has 0 aliphatic carbocycles. The van der Waals surface area contributed by atoms with E-state index < -0.39 is 17.7 Å². The standard InChI is InChI=1S/C10H7NO3.ClH/c12-9-6-3-1-2-4-8(6)11-5-7(9)10(13)14;/h1-5,7H,(H,13,14);1H. The van der Waals surface area contributed by atoms with E-state index in [0.717, 1.165) is 0 Å². The highest BCUT2D eigenvalue weighted by molar-refractivity contribution is 6.21. The Morgan fingerprint density at radius 3 is 2.67 bits per heavy atom. The Morgan fingerprint density at radius 2 is 2.00 bits per heavy atom. The summed E-state index contributed by atoms with van der Waals surface area (Å²) in [5, 5.41) is 8.72. The zero-order valence-electron chi connectivity index (χ0n) is 7.58. The second-order valence-electron chi connectivity index (χ2n) is 2.98. The van der Waals surface area contributed by atoms with Gasteiger partial charge in [0.25, 0.3) is 0 Å². The number of hydrogen-bond donors (Lipinski definition) is 1. The van der Waals surface area contributed by atoms with Crippen molar-refractivity contribution in [3.63, 3.8) is 0 Å². The number of carbonyl (C=O) groups is 2. The fraction of sp³-hybridized carbons (Fsp3) is 0.100. The molecule has 1 atom stereocenters. The van der Waals surface area contributed by atoms with Gasteiger partial charge in [0, 0.05) is 11.8 Å². The van der Waals surface area contributed by atoms with Crippen LogP contribution in [-0.4, -0.2) is 23.1 Å². The predicted molar refractivity (Wildman–Crippen MR) is 57.3 cm³/mol. The van der Waals surface area contributed by atoms with Crippen molar-refractivity contribution in [2.24, 2.45) is 10.9 Å². The number of fused-ring (bicyclic) bond motifs is 1. The number of benzene rings is 1. The monoisotopic (exact) mass is 225 g/mol. The third kappa shape index (κ3) is 1.89. The molecule has 1 heterocycles. The summed E-state index contributed by atoms with van der Waals surface area (Å²) in [4.78, 5) is 26.2. The largest absolute Gasteiger partial charge is 0.480 e. The van der Waals surface area contributed by atoms with Crippen LogP contribution in [0.3, 0.4) is 0 Å². The Kier molecular flexibility index (Phi) is 3.21. The topological polar surface area (TPSA) is 66.7 Å². The second-order valence-corrected chi connectivity index (χ2v) is 2.98. The van der Waals surface area contributed by atoms with Gasteiger partial charge in [0.15, 0.2) is 11.7 Å². The Bertz CT molecular complexity index is 442. The first-order valence-electron chi connectivity index (χ1n) is 4.10. The number of nitrogens with zero attached hydrogens (tertiary/aromatic N) is 1. The summed E-state index contributed by atoms with van der Waals surface area (Å²) >= 11 is 0. The molecule has 0 bridgehead atoms. The molecule has 2 rings (SSSR count). The van der Waals surface area contributed by atoms with Crippen molar-refractivity contribution in [2.45, 2.75) is 0 Å². The van der Waals surface area contributed by atoms with Crippen LogP contribution in [0.25, 0.3) is 0 Å². The Balaban J connectivity index is 0.00000112. The average molecular weight is 226 g/mol. The number of halogens is 1. The van der Waals surface area contributed by atoms with E-state index in [1.54, 1.807) is 24.3 Å². The quantitative estimate of drug-likeness (QED) is 0.740. The number of aliphatic carboxylic acids is 1. The molecule has 78 valence electrons. The zero-order chi connectivity index (χ0) is 10.1. The lowest BCUT2D eigenvalue weighted by Gasteiger charge is -2.13. The van der Waals surface area contributed by atoms with Gasteiger partial charge in [-0.15, -0.1) is 12.4 Å². The van der Waals surface area contributed by atoms with Gasteiger partial charge in [0.05, 0.1) is 5.69 Å². The molecule has 4 nitrogen and oxygen atoms in total. The molecule has 0 spiro atoms. The molecule has 0 fully saturated rings. The van der Waals surface area contributed by atoms with Gasteiger partial charge in [-0.3, -0.25) is 14.6 Å². The van der Waals surface area contributed by atoms with E-state index in [0.29, 0.717) is 11.3 Å². The van der Waals surface area contributed by atoms with E-state index >= 15 is 0 Å². The predicted octanol–water partition coefficient (Wildman–Crippen LogP) is 1.71. The molecule has 0 aromatic heterocycles. The number of carbonyl (C=O) groups excluding carboxylic acids is 1. The van der Waals surface area contributed by atoms with E-state index in [1.807, 2.05) is 0 Å². The summed E-state index contributed by atoms with van der Waals surface area (Å²) < 4.78 is 0. The number of hydrogen-bond acceptors (Lipinski definition) is 3. The van der Waals surface area contributed by atoms with Crippen molar-refractivity contribution >= 4 is 36.1 Å². The summed E-state index contributed by atoms with van der Waals surface area (Å²) in [7, 11) is 0. The highest BCUT2D eigenvalue weighted by Gasteiger charge is 2.29. The highest BCUT2D eigenvalue weighted by atomic mass is 35.5. The molecule has 15 heavy (non-hydrogen) atoms. The minimum absolute atomic E-state index is 0. The van der Waals surface area contributed by atoms with E-state index in [-0.39, 0.29) is 12.4 Å². The molecular formula is C10H8ClNO3. The molecule has 0 amide bonds. The van der Waals surface area contributed by atoms with E-state index in [4.69, 9.17) is 5.11 Å². The zero-order valence-corrected chi connectivity index (χ0v) is 8.40. The van der Waals surface area contributed by atoms with Crippen LogP contribution >= 0.6 is 12.4 Å². The number of Topliss-reactive ketones (excluding diaryl/α,β-unsaturated/α-hetero) is 1. The summed E-state index contributed by atoms with van der Waals surface area (Å²) in [5.74, 6) is -2.69. The Morgan fingerprint density at radius 1 is 1.33 bits per heavy atom. The van der Waals surface area contributed by atoms with Gasteiger partial charge in [-0.1, -0.05) is 12.1 Å². The van der Waals surface area contributed by atoms with Gasteiger partial charge in [0.1, 0.15) is 0 Å². The Labute approximate surface area is 92.1 Å². The molecular weight excluding hydrogens is 218 g/mol. The fourth-order valence-corrected chi connectivity index (χ4v) is 1.36. The average Bonchev–Trinajstić information content (AvgIpc) is 2.18. The highest BCUT2D eigenvalue weighted by Crippen LogP contribution is 2.25. The molecule has 5 heteroatoms. The summed E-state index contributed by atoms with van der Waals surface area (Å²) in [6, 6.07) is 6.72. The maximum Gasteiger partial charge on any atom is 0.319 e. The van der Waals surface area contributed by atoms with Crippen molar-refractivity contribution in [3.05, 3.63) is 29.8 Å². The summed E-state index contributed by atoms with van der Waals surface area (Å²) in [6.07, 6.45) is 1.17. The lowest BCUT2D eigenvalue weighted by atomic mass is 9.95. The lowest BCUT2D eigenvalue weighted by molar-refractivity contribution is -0.137. The van der Waals surface area contributed by atoms with E-state index in [9.17, 15) is 9.59 Å². The second kappa shape index (κ2) is 4.23. The molecule has 1 aliphatic heterocycles. The molecule has 0 saturated heterocycles. The van der Waals surface area contributed by atoms with Gasteiger partial charge >= 0.3 is 5.97 Å². The first-order valence-corrected chi connectivity index (χ1v) is 4.10. The molecule has 0 saturated carbocycles. The lowest BCUT2D eigenvalue weighted by Crippen LogP contribution is -2.27. The Hall–Kier alpha value is -1.68. The number of aliphatic imine (C=N–C) groups is 1. The van der Waals surface area contributed by atoms with Gasteiger partial charge in [-0.05, 0) is 12.1 Å². The maximum atomic E-state index is 11.6. The third-order valence-electron chi connectivity index (χ3n) is 2.08. The minimum Gasteiger partial charge on any atom is -0.480 e. The van der Waals surface area contributed by atoms with Gasteiger partial charge in [0.2, 0.25) is 0 Å². The smallest absolute Gasteiger partial charge is 0.319 e. The summed E-state index contributed by atoms with van der Waals surface area (Å²) in [5.41, 5.74) is 0.914. The van der Waals surface area contributed by atoms with Crippen LogP contribution < -0.4 is 0 Å². The molecule has 1 unspecified atom stereocenters. The third-order valence-corrected chi connectivity index (χ3v) is 2.08. The summed E-state index contributed by atoms with van der Waals surface area (Å²) in [6.45, 7) is 0.